The Bertz CT molecular complexity index is 717. The van der Waals surface area contributed by atoms with Gasteiger partial charge in [0.05, 0.1) is 5.56 Å². The first-order valence-corrected chi connectivity index (χ1v) is 7.45. The number of nitrogens with one attached hydrogen (secondary N) is 1. The third-order valence-corrected chi connectivity index (χ3v) is 4.06. The molecule has 1 N–H and O–H groups in total. The summed E-state index contributed by atoms with van der Waals surface area (Å²) in [7, 11) is 3.77. The summed E-state index contributed by atoms with van der Waals surface area (Å²) in [6, 6.07) is 2.37. The molecule has 3 heterocycles. The Balaban J connectivity index is 2.05. The Labute approximate surface area is 129 Å². The van der Waals surface area contributed by atoms with E-state index < -0.39 is 0 Å². The molecule has 0 bridgehead atoms. The van der Waals surface area contributed by atoms with Gasteiger partial charge in [0.25, 0.3) is 0 Å². The number of rotatable bonds is 5. The van der Waals surface area contributed by atoms with Crippen LogP contribution in [0.5, 0.6) is 0 Å². The van der Waals surface area contributed by atoms with E-state index in [0.29, 0.717) is 12.2 Å². The minimum atomic E-state index is 0.690. The van der Waals surface area contributed by atoms with Gasteiger partial charge in [-0.3, -0.25) is 4.40 Å². The maximum atomic E-state index is 9.66. The average Bonchev–Trinajstić information content (AvgIpc) is 3.01. The van der Waals surface area contributed by atoms with Crippen LogP contribution in [0.15, 0.2) is 6.33 Å². The van der Waals surface area contributed by atoms with E-state index in [1.54, 1.807) is 13.4 Å². The maximum Gasteiger partial charge on any atom is 0.167 e. The van der Waals surface area contributed by atoms with Crippen LogP contribution >= 0.6 is 0 Å². The lowest BCUT2D eigenvalue weighted by Crippen LogP contribution is -2.28. The van der Waals surface area contributed by atoms with Crippen molar-refractivity contribution in [1.29, 1.82) is 5.26 Å². The Morgan fingerprint density at radius 2 is 2.32 bits per heavy atom. The number of hydrogen-bond acceptors (Lipinski definition) is 6. The summed E-state index contributed by atoms with van der Waals surface area (Å²) < 4.78 is 6.96. The first-order chi connectivity index (χ1) is 10.8. The topological polar surface area (TPSA) is 78.5 Å². The van der Waals surface area contributed by atoms with Gasteiger partial charge < -0.3 is 15.0 Å². The van der Waals surface area contributed by atoms with Crippen molar-refractivity contribution in [2.45, 2.75) is 19.4 Å². The van der Waals surface area contributed by atoms with Crippen molar-refractivity contribution in [1.82, 2.24) is 19.5 Å². The lowest BCUT2D eigenvalue weighted by atomic mass is 9.96. The molecule has 0 aliphatic carbocycles. The van der Waals surface area contributed by atoms with E-state index in [2.05, 4.69) is 33.5 Å². The van der Waals surface area contributed by atoms with Crippen molar-refractivity contribution in [3.05, 3.63) is 23.0 Å². The van der Waals surface area contributed by atoms with Crippen LogP contribution in [-0.2, 0) is 17.7 Å². The van der Waals surface area contributed by atoms with Crippen LogP contribution in [0.2, 0.25) is 0 Å². The fourth-order valence-corrected chi connectivity index (χ4v) is 2.96. The van der Waals surface area contributed by atoms with Gasteiger partial charge in [-0.2, -0.15) is 5.26 Å². The number of pyridine rings is 1. The van der Waals surface area contributed by atoms with Crippen LogP contribution in [0, 0.1) is 11.3 Å². The molecule has 0 aromatic carbocycles. The van der Waals surface area contributed by atoms with Gasteiger partial charge in [0.1, 0.15) is 18.2 Å². The lowest BCUT2D eigenvalue weighted by Gasteiger charge is -2.27. The fraction of sp³-hybridized carbons (Fsp3) is 0.533. The number of aromatic nitrogens is 3. The molecule has 7 heteroatoms. The third kappa shape index (κ3) is 2.51. The maximum absolute atomic E-state index is 9.66. The first kappa shape index (κ1) is 14.8. The monoisotopic (exact) mass is 300 g/mol. The van der Waals surface area contributed by atoms with E-state index in [0.717, 1.165) is 55.1 Å². The SMILES string of the molecule is COCCCNc1c(C#N)c2c(c3nncn13)CN(C)CC2. The third-order valence-electron chi connectivity index (χ3n) is 4.06. The summed E-state index contributed by atoms with van der Waals surface area (Å²) in [5, 5.41) is 21.3. The number of anilines is 1. The van der Waals surface area contributed by atoms with Crippen molar-refractivity contribution in [2.24, 2.45) is 0 Å². The number of nitriles is 1. The molecule has 0 amide bonds. The van der Waals surface area contributed by atoms with Crippen molar-refractivity contribution < 1.29 is 4.74 Å². The van der Waals surface area contributed by atoms with E-state index in [4.69, 9.17) is 4.74 Å². The Hall–Kier alpha value is -2.17. The molecule has 1 aliphatic heterocycles. The molecule has 2 aromatic rings. The highest BCUT2D eigenvalue weighted by Crippen LogP contribution is 2.30. The molecule has 0 radical (unpaired) electrons. The summed E-state index contributed by atoms with van der Waals surface area (Å²) in [5.74, 6) is 0.793. The number of methoxy groups -OCH3 is 1. The summed E-state index contributed by atoms with van der Waals surface area (Å²) >= 11 is 0. The van der Waals surface area contributed by atoms with E-state index in [1.807, 2.05) is 4.40 Å². The van der Waals surface area contributed by atoms with Crippen LogP contribution in [0.4, 0.5) is 5.82 Å². The second-order valence-electron chi connectivity index (χ2n) is 5.58. The van der Waals surface area contributed by atoms with Crippen molar-refractivity contribution in [3.8, 4) is 6.07 Å². The van der Waals surface area contributed by atoms with Crippen LogP contribution in [0.3, 0.4) is 0 Å². The van der Waals surface area contributed by atoms with Gasteiger partial charge >= 0.3 is 0 Å². The molecule has 7 nitrogen and oxygen atoms in total. The summed E-state index contributed by atoms with van der Waals surface area (Å²) in [5.41, 5.74) is 3.78. The van der Waals surface area contributed by atoms with E-state index in [-0.39, 0.29) is 0 Å². The van der Waals surface area contributed by atoms with Crippen molar-refractivity contribution in [2.75, 3.05) is 39.2 Å². The number of likely N-dealkylation sites (N-methyl/N-ethyl adjacent to an activating group) is 1. The van der Waals surface area contributed by atoms with Crippen molar-refractivity contribution >= 4 is 11.5 Å². The highest BCUT2D eigenvalue weighted by molar-refractivity contribution is 5.68. The normalized spacial score (nSPS) is 14.8. The largest absolute Gasteiger partial charge is 0.385 e. The van der Waals surface area contributed by atoms with Crippen LogP contribution in [0.1, 0.15) is 23.1 Å². The molecule has 3 rings (SSSR count). The molecular formula is C15H20N6O. The second-order valence-corrected chi connectivity index (χ2v) is 5.58. The summed E-state index contributed by atoms with van der Waals surface area (Å²) in [4.78, 5) is 2.24. The molecule has 116 valence electrons. The highest BCUT2D eigenvalue weighted by atomic mass is 16.5. The zero-order valence-corrected chi connectivity index (χ0v) is 13.0. The molecule has 22 heavy (non-hydrogen) atoms. The van der Waals surface area contributed by atoms with Gasteiger partial charge in [0, 0.05) is 38.9 Å². The molecule has 0 saturated heterocycles. The Kier molecular flexibility index (Phi) is 4.22. The number of nitrogens with zero attached hydrogens (tertiary/aromatic N) is 5. The first-order valence-electron chi connectivity index (χ1n) is 7.45. The molecular weight excluding hydrogens is 280 g/mol. The zero-order chi connectivity index (χ0) is 15.5. The zero-order valence-electron chi connectivity index (χ0n) is 13.0. The van der Waals surface area contributed by atoms with Gasteiger partial charge in [-0.05, 0) is 25.5 Å². The van der Waals surface area contributed by atoms with Crippen LogP contribution in [-0.4, -0.2) is 53.4 Å². The Morgan fingerprint density at radius 1 is 1.45 bits per heavy atom. The molecule has 1 aliphatic rings. The Morgan fingerprint density at radius 3 is 3.09 bits per heavy atom. The summed E-state index contributed by atoms with van der Waals surface area (Å²) in [6.07, 6.45) is 3.42. The van der Waals surface area contributed by atoms with Crippen LogP contribution in [0.25, 0.3) is 5.65 Å². The molecule has 2 aromatic heterocycles. The van der Waals surface area contributed by atoms with Gasteiger partial charge in [-0.15, -0.1) is 10.2 Å². The number of ether oxygens (including phenoxy) is 1. The summed E-state index contributed by atoms with van der Waals surface area (Å²) in [6.45, 7) is 3.19. The van der Waals surface area contributed by atoms with Crippen molar-refractivity contribution in [3.63, 3.8) is 0 Å². The minimum Gasteiger partial charge on any atom is -0.385 e. The molecule has 0 spiro atoms. The fourth-order valence-electron chi connectivity index (χ4n) is 2.96. The van der Waals surface area contributed by atoms with E-state index >= 15 is 0 Å². The highest BCUT2D eigenvalue weighted by Gasteiger charge is 2.24. The van der Waals surface area contributed by atoms with E-state index in [9.17, 15) is 5.26 Å². The van der Waals surface area contributed by atoms with Gasteiger partial charge in [0.2, 0.25) is 0 Å². The van der Waals surface area contributed by atoms with E-state index in [1.165, 1.54) is 0 Å². The predicted molar refractivity (Wildman–Crippen MR) is 82.7 cm³/mol. The predicted octanol–water partition coefficient (Wildman–Crippen LogP) is 1.04. The quantitative estimate of drug-likeness (QED) is 0.831. The molecule has 0 saturated carbocycles. The van der Waals surface area contributed by atoms with Gasteiger partial charge in [-0.25, -0.2) is 0 Å². The standard InChI is InChI=1S/C15H20N6O/c1-20-6-4-11-12(8-16)14(17-5-3-7-22-2)21-10-18-19-15(21)13(11)9-20/h10,17H,3-7,9H2,1-2H3. The molecule has 0 atom stereocenters. The van der Waals surface area contributed by atoms with Gasteiger partial charge in [-0.1, -0.05) is 0 Å². The van der Waals surface area contributed by atoms with Gasteiger partial charge in [0.15, 0.2) is 5.65 Å². The second kappa shape index (κ2) is 6.30. The molecule has 0 fully saturated rings. The van der Waals surface area contributed by atoms with Crippen LogP contribution < -0.4 is 5.32 Å². The minimum absolute atomic E-state index is 0.690. The average molecular weight is 300 g/mol. The molecule has 0 unspecified atom stereocenters. The smallest absolute Gasteiger partial charge is 0.167 e. The lowest BCUT2D eigenvalue weighted by molar-refractivity contribution is 0.197. The number of hydrogen-bond donors (Lipinski definition) is 1. The number of fused-ring (bicyclic) bond motifs is 3.